The summed E-state index contributed by atoms with van der Waals surface area (Å²) in [7, 11) is 1.56. The van der Waals surface area contributed by atoms with E-state index >= 15 is 0 Å². The molecule has 0 unspecified atom stereocenters. The summed E-state index contributed by atoms with van der Waals surface area (Å²) in [4.78, 5) is 6.46. The van der Waals surface area contributed by atoms with Crippen LogP contribution >= 0.6 is 0 Å². The molecule has 1 aliphatic heterocycles. The molecule has 31 heavy (non-hydrogen) atoms. The summed E-state index contributed by atoms with van der Waals surface area (Å²) < 4.78 is 75.1. The van der Waals surface area contributed by atoms with E-state index < -0.39 is 34.7 Å². The molecule has 3 aromatic rings. The molecule has 5 rings (SSSR count). The van der Waals surface area contributed by atoms with Crippen LogP contribution in [0.4, 0.5) is 27.8 Å². The number of aromatic hydroxyl groups is 1. The Balaban J connectivity index is 1.61. The number of alkyl halides is 3. The lowest BCUT2D eigenvalue weighted by Crippen LogP contribution is -2.44. The van der Waals surface area contributed by atoms with E-state index in [4.69, 9.17) is 4.74 Å². The number of benzene rings is 1. The molecule has 0 amide bonds. The molecule has 164 valence electrons. The third-order valence-corrected chi connectivity index (χ3v) is 5.84. The SMILES string of the molecule is Cn1nc(-c2cc(C(F)(F)F)c(F)c(O)c2F)c2cnc(N3CCOC4(CC4)C3)cc21. The second kappa shape index (κ2) is 6.52. The molecule has 2 aromatic heterocycles. The number of aromatic nitrogens is 3. The van der Waals surface area contributed by atoms with Crippen molar-refractivity contribution < 1.29 is 31.8 Å². The highest BCUT2D eigenvalue weighted by Gasteiger charge is 2.47. The smallest absolute Gasteiger partial charge is 0.419 e. The predicted molar refractivity (Wildman–Crippen MR) is 101 cm³/mol. The van der Waals surface area contributed by atoms with E-state index in [9.17, 15) is 27.1 Å². The number of aryl methyl sites for hydroxylation is 1. The highest BCUT2D eigenvalue weighted by atomic mass is 19.4. The molecular weight excluding hydrogens is 423 g/mol. The number of anilines is 1. The molecular formula is C20H17F5N4O2. The van der Waals surface area contributed by atoms with Crippen LogP contribution in [0.2, 0.25) is 0 Å². The van der Waals surface area contributed by atoms with Gasteiger partial charge in [-0.1, -0.05) is 0 Å². The first kappa shape index (κ1) is 20.0. The fourth-order valence-corrected chi connectivity index (χ4v) is 4.00. The summed E-state index contributed by atoms with van der Waals surface area (Å²) in [5.74, 6) is -4.62. The second-order valence-corrected chi connectivity index (χ2v) is 7.93. The van der Waals surface area contributed by atoms with Crippen LogP contribution < -0.4 is 4.90 Å². The van der Waals surface area contributed by atoms with Crippen molar-refractivity contribution in [3.63, 3.8) is 0 Å². The Morgan fingerprint density at radius 3 is 2.58 bits per heavy atom. The van der Waals surface area contributed by atoms with Crippen molar-refractivity contribution in [3.8, 4) is 17.0 Å². The number of halogens is 5. The molecule has 1 aromatic carbocycles. The van der Waals surface area contributed by atoms with Gasteiger partial charge in [-0.3, -0.25) is 4.68 Å². The summed E-state index contributed by atoms with van der Waals surface area (Å²) in [5.41, 5.74) is -2.22. The van der Waals surface area contributed by atoms with Crippen molar-refractivity contribution in [1.29, 1.82) is 0 Å². The molecule has 1 saturated heterocycles. The van der Waals surface area contributed by atoms with Gasteiger partial charge in [0, 0.05) is 43.4 Å². The highest BCUT2D eigenvalue weighted by Crippen LogP contribution is 2.44. The van der Waals surface area contributed by atoms with E-state index in [0.29, 0.717) is 37.1 Å². The van der Waals surface area contributed by atoms with Gasteiger partial charge in [-0.25, -0.2) is 13.8 Å². The van der Waals surface area contributed by atoms with Crippen molar-refractivity contribution in [2.75, 3.05) is 24.6 Å². The number of pyridine rings is 1. The Morgan fingerprint density at radius 2 is 1.90 bits per heavy atom. The summed E-state index contributed by atoms with van der Waals surface area (Å²) in [6.07, 6.45) is -1.75. The minimum absolute atomic E-state index is 0.130. The molecule has 3 heterocycles. The number of hydrogen-bond donors (Lipinski definition) is 1. The Kier molecular flexibility index (Phi) is 4.20. The second-order valence-electron chi connectivity index (χ2n) is 7.93. The standard InChI is InChI=1S/C20H17F5N4O2/c1-28-13-7-14(29-4-5-31-19(9-29)2-3-19)26-8-11(13)17(27-28)10-6-12(20(23,24)25)16(22)18(30)15(10)21/h6-8,30H,2-5,9H2,1H3. The quantitative estimate of drug-likeness (QED) is 0.611. The summed E-state index contributed by atoms with van der Waals surface area (Å²) in [6, 6.07) is 2.04. The fourth-order valence-electron chi connectivity index (χ4n) is 4.00. The van der Waals surface area contributed by atoms with Crippen molar-refractivity contribution in [2.45, 2.75) is 24.6 Å². The first-order valence-electron chi connectivity index (χ1n) is 9.60. The van der Waals surface area contributed by atoms with Gasteiger partial charge in [0.2, 0.25) is 0 Å². The van der Waals surface area contributed by atoms with Crippen molar-refractivity contribution in [2.24, 2.45) is 7.05 Å². The lowest BCUT2D eigenvalue weighted by atomic mass is 10.0. The number of fused-ring (bicyclic) bond motifs is 1. The van der Waals surface area contributed by atoms with E-state index in [1.165, 1.54) is 10.9 Å². The normalized spacial score (nSPS) is 18.2. The number of ether oxygens (including phenoxy) is 1. The Morgan fingerprint density at radius 1 is 1.16 bits per heavy atom. The lowest BCUT2D eigenvalue weighted by Gasteiger charge is -2.34. The summed E-state index contributed by atoms with van der Waals surface area (Å²) in [5, 5.41) is 14.0. The first-order valence-corrected chi connectivity index (χ1v) is 9.60. The van der Waals surface area contributed by atoms with Crippen molar-refractivity contribution in [3.05, 3.63) is 35.5 Å². The molecule has 1 saturated carbocycles. The minimum atomic E-state index is -5.12. The van der Waals surface area contributed by atoms with Crippen LogP contribution in [0.15, 0.2) is 18.3 Å². The topological polar surface area (TPSA) is 63.4 Å². The third kappa shape index (κ3) is 3.18. The van der Waals surface area contributed by atoms with Gasteiger partial charge in [0.1, 0.15) is 11.5 Å². The molecule has 2 fully saturated rings. The number of morpholine rings is 1. The van der Waals surface area contributed by atoms with Crippen LogP contribution in [-0.2, 0) is 18.0 Å². The van der Waals surface area contributed by atoms with Crippen molar-refractivity contribution in [1.82, 2.24) is 14.8 Å². The van der Waals surface area contributed by atoms with E-state index in [1.54, 1.807) is 13.1 Å². The van der Waals surface area contributed by atoms with Gasteiger partial charge in [-0.05, 0) is 18.9 Å². The maximum Gasteiger partial charge on any atom is 0.419 e. The van der Waals surface area contributed by atoms with E-state index in [0.717, 1.165) is 12.8 Å². The molecule has 2 aliphatic rings. The monoisotopic (exact) mass is 440 g/mol. The number of rotatable bonds is 2. The minimum Gasteiger partial charge on any atom is -0.503 e. The lowest BCUT2D eigenvalue weighted by molar-refractivity contribution is -0.140. The van der Waals surface area contributed by atoms with E-state index in [2.05, 4.69) is 15.0 Å². The average molecular weight is 440 g/mol. The Hall–Kier alpha value is -2.95. The van der Waals surface area contributed by atoms with Crippen LogP contribution in [0.1, 0.15) is 18.4 Å². The fraction of sp³-hybridized carbons (Fsp3) is 0.400. The summed E-state index contributed by atoms with van der Waals surface area (Å²) in [6.45, 7) is 1.89. The van der Waals surface area contributed by atoms with Crippen LogP contribution in [0.5, 0.6) is 5.75 Å². The van der Waals surface area contributed by atoms with Crippen molar-refractivity contribution >= 4 is 16.7 Å². The average Bonchev–Trinajstić information content (AvgIpc) is 3.38. The zero-order valence-electron chi connectivity index (χ0n) is 16.3. The maximum atomic E-state index is 14.6. The molecule has 1 N–H and O–H groups in total. The number of phenolic OH excluding ortho intramolecular Hbond substituents is 1. The summed E-state index contributed by atoms with van der Waals surface area (Å²) >= 11 is 0. The third-order valence-electron chi connectivity index (χ3n) is 5.84. The number of hydrogen-bond acceptors (Lipinski definition) is 5. The molecule has 0 bridgehead atoms. The van der Waals surface area contributed by atoms with Gasteiger partial charge >= 0.3 is 6.18 Å². The first-order chi connectivity index (χ1) is 14.6. The number of phenols is 1. The molecule has 1 aliphatic carbocycles. The zero-order valence-corrected chi connectivity index (χ0v) is 16.3. The largest absolute Gasteiger partial charge is 0.503 e. The van der Waals surface area contributed by atoms with Crippen LogP contribution in [0, 0.1) is 11.6 Å². The van der Waals surface area contributed by atoms with Crippen LogP contribution in [0.25, 0.3) is 22.2 Å². The molecule has 1 spiro atoms. The molecule has 6 nitrogen and oxygen atoms in total. The highest BCUT2D eigenvalue weighted by molar-refractivity contribution is 5.94. The van der Waals surface area contributed by atoms with E-state index in [1.807, 2.05) is 0 Å². The zero-order chi connectivity index (χ0) is 22.1. The molecule has 0 radical (unpaired) electrons. The molecule has 0 atom stereocenters. The maximum absolute atomic E-state index is 14.6. The molecule has 11 heteroatoms. The van der Waals surface area contributed by atoms with Gasteiger partial charge in [0.25, 0.3) is 0 Å². The van der Waals surface area contributed by atoms with Gasteiger partial charge in [-0.2, -0.15) is 18.3 Å². The Bertz CT molecular complexity index is 1200. The Labute approximate surface area is 172 Å². The van der Waals surface area contributed by atoms with Gasteiger partial charge in [-0.15, -0.1) is 0 Å². The van der Waals surface area contributed by atoms with Crippen LogP contribution in [0.3, 0.4) is 0 Å². The van der Waals surface area contributed by atoms with Gasteiger partial charge in [0.05, 0.1) is 23.3 Å². The van der Waals surface area contributed by atoms with Gasteiger partial charge < -0.3 is 14.7 Å². The predicted octanol–water partition coefficient (Wildman–Crippen LogP) is 4.01. The number of nitrogens with zero attached hydrogens (tertiary/aromatic N) is 4. The van der Waals surface area contributed by atoms with E-state index in [-0.39, 0.29) is 16.7 Å². The van der Waals surface area contributed by atoms with Gasteiger partial charge in [0.15, 0.2) is 17.4 Å². The van der Waals surface area contributed by atoms with Crippen LogP contribution in [-0.4, -0.2) is 45.2 Å².